The van der Waals surface area contributed by atoms with E-state index in [2.05, 4.69) is 4.98 Å². The maximum atomic E-state index is 13.0. The summed E-state index contributed by atoms with van der Waals surface area (Å²) >= 11 is 1.42. The molecule has 11 heteroatoms. The van der Waals surface area contributed by atoms with Gasteiger partial charge in [0.05, 0.1) is 11.3 Å². The number of carboxylic acid groups (broad SMARTS) is 1. The first kappa shape index (κ1) is 30.4. The van der Waals surface area contributed by atoms with Crippen LogP contribution in [0.15, 0.2) is 36.4 Å². The second kappa shape index (κ2) is 12.1. The van der Waals surface area contributed by atoms with Crippen LogP contribution in [0.25, 0.3) is 10.6 Å². The lowest BCUT2D eigenvalue weighted by atomic mass is 9.92. The predicted molar refractivity (Wildman–Crippen MR) is 149 cm³/mol. The Kier molecular flexibility index (Phi) is 8.96. The van der Waals surface area contributed by atoms with Crippen molar-refractivity contribution in [1.82, 2.24) is 9.88 Å². The summed E-state index contributed by atoms with van der Waals surface area (Å²) in [5.41, 5.74) is 2.59. The van der Waals surface area contributed by atoms with Crippen LogP contribution in [0, 0.1) is 0 Å². The summed E-state index contributed by atoms with van der Waals surface area (Å²) in [6, 6.07) is 8.62. The number of aryl methyl sites for hydroxylation is 2. The van der Waals surface area contributed by atoms with Gasteiger partial charge in [-0.1, -0.05) is 25.1 Å². The Bertz CT molecular complexity index is 1410. The first-order valence-corrected chi connectivity index (χ1v) is 14.2. The van der Waals surface area contributed by atoms with Crippen molar-refractivity contribution in [2.75, 3.05) is 6.54 Å². The van der Waals surface area contributed by atoms with Crippen LogP contribution in [0.3, 0.4) is 0 Å². The average molecular weight is 591 g/mol. The lowest BCUT2D eigenvalue weighted by Crippen LogP contribution is -2.40. The topological polar surface area (TPSA) is 89.0 Å². The molecule has 0 atom stereocenters. The second-order valence-corrected chi connectivity index (χ2v) is 11.9. The third-order valence-corrected chi connectivity index (χ3v) is 7.94. The van der Waals surface area contributed by atoms with Gasteiger partial charge in [0.15, 0.2) is 0 Å². The third kappa shape index (κ3) is 7.58. The molecule has 41 heavy (non-hydrogen) atoms. The van der Waals surface area contributed by atoms with Gasteiger partial charge in [0, 0.05) is 35.5 Å². The van der Waals surface area contributed by atoms with E-state index < -0.39 is 29.4 Å². The predicted octanol–water partition coefficient (Wildman–Crippen LogP) is 7.28. The van der Waals surface area contributed by atoms with Gasteiger partial charge in [0.25, 0.3) is 0 Å². The monoisotopic (exact) mass is 590 g/mol. The van der Waals surface area contributed by atoms with Crippen LogP contribution in [0.1, 0.15) is 66.9 Å². The van der Waals surface area contributed by atoms with E-state index in [9.17, 15) is 27.9 Å². The first-order valence-electron chi connectivity index (χ1n) is 13.4. The smallest absolute Gasteiger partial charge is 0.416 e. The van der Waals surface area contributed by atoms with Crippen LogP contribution in [-0.2, 0) is 48.1 Å². The highest BCUT2D eigenvalue weighted by atomic mass is 32.1. The summed E-state index contributed by atoms with van der Waals surface area (Å²) in [7, 11) is 0. The molecule has 0 bridgehead atoms. The van der Waals surface area contributed by atoms with Crippen molar-refractivity contribution < 1.29 is 37.3 Å². The number of thiazole rings is 1. The molecule has 0 saturated heterocycles. The fourth-order valence-electron chi connectivity index (χ4n) is 4.64. The molecule has 1 aliphatic heterocycles. The van der Waals surface area contributed by atoms with Crippen LogP contribution in [0.4, 0.5) is 18.0 Å². The van der Waals surface area contributed by atoms with Gasteiger partial charge < -0.3 is 19.5 Å². The van der Waals surface area contributed by atoms with Crippen molar-refractivity contribution in [2.45, 2.75) is 78.3 Å². The number of carbonyl (C=O) groups is 2. The second-order valence-electron chi connectivity index (χ2n) is 10.8. The number of halogens is 3. The fourth-order valence-corrected chi connectivity index (χ4v) is 5.65. The molecule has 0 unspecified atom stereocenters. The number of alkyl halides is 3. The van der Waals surface area contributed by atoms with Crippen LogP contribution in [-0.4, -0.2) is 39.2 Å². The molecular weight excluding hydrogens is 557 g/mol. The SMILES string of the molecule is CCc1sc(-c2ccc(C(F)(F)F)cc2)nc1COc1ccc(CCC(=O)O)c2c1CCN(C(=O)OC(C)(C)C)C2. The zero-order chi connectivity index (χ0) is 29.9. The van der Waals surface area contributed by atoms with Gasteiger partial charge in [-0.05, 0) is 69.4 Å². The summed E-state index contributed by atoms with van der Waals surface area (Å²) in [6.07, 6.45) is -3.34. The van der Waals surface area contributed by atoms with E-state index in [1.807, 2.05) is 19.1 Å². The van der Waals surface area contributed by atoms with E-state index in [1.54, 1.807) is 25.7 Å². The summed E-state index contributed by atoms with van der Waals surface area (Å²) in [4.78, 5) is 31.3. The van der Waals surface area contributed by atoms with Crippen LogP contribution >= 0.6 is 11.3 Å². The lowest BCUT2D eigenvalue weighted by molar-refractivity contribution is -0.138. The highest BCUT2D eigenvalue weighted by Gasteiger charge is 2.31. The number of nitrogens with zero attached hydrogens (tertiary/aromatic N) is 2. The Hall–Kier alpha value is -3.60. The summed E-state index contributed by atoms with van der Waals surface area (Å²) in [5, 5.41) is 9.85. The van der Waals surface area contributed by atoms with Crippen molar-refractivity contribution in [3.05, 3.63) is 69.2 Å². The number of aliphatic carboxylic acids is 1. The van der Waals surface area contributed by atoms with Crippen molar-refractivity contribution in [2.24, 2.45) is 0 Å². The Morgan fingerprint density at radius 1 is 1.07 bits per heavy atom. The highest BCUT2D eigenvalue weighted by Crippen LogP contribution is 2.35. The van der Waals surface area contributed by atoms with Gasteiger partial charge in [0.1, 0.15) is 23.0 Å². The molecule has 0 spiro atoms. The van der Waals surface area contributed by atoms with Gasteiger partial charge in [-0.3, -0.25) is 4.79 Å². The quantitative estimate of drug-likeness (QED) is 0.297. The zero-order valence-electron chi connectivity index (χ0n) is 23.4. The summed E-state index contributed by atoms with van der Waals surface area (Å²) < 4.78 is 50.7. The Morgan fingerprint density at radius 2 is 1.78 bits per heavy atom. The lowest BCUT2D eigenvalue weighted by Gasteiger charge is -2.33. The Balaban J connectivity index is 1.57. The van der Waals surface area contributed by atoms with E-state index in [-0.39, 0.29) is 19.6 Å². The number of aromatic nitrogens is 1. The molecule has 220 valence electrons. The molecule has 0 saturated carbocycles. The summed E-state index contributed by atoms with van der Waals surface area (Å²) in [6.45, 7) is 8.27. The minimum atomic E-state index is -4.40. The molecule has 1 amide bonds. The number of rotatable bonds is 8. The van der Waals surface area contributed by atoms with Crippen LogP contribution < -0.4 is 4.74 Å². The van der Waals surface area contributed by atoms with E-state index in [1.165, 1.54) is 23.5 Å². The number of amides is 1. The molecule has 2 heterocycles. The molecule has 0 radical (unpaired) electrons. The molecule has 0 fully saturated rings. The Labute approximate surface area is 240 Å². The van der Waals surface area contributed by atoms with Crippen molar-refractivity contribution in [3.8, 4) is 16.3 Å². The van der Waals surface area contributed by atoms with E-state index in [4.69, 9.17) is 9.47 Å². The molecule has 1 aliphatic rings. The zero-order valence-corrected chi connectivity index (χ0v) is 24.2. The van der Waals surface area contributed by atoms with E-state index in [0.29, 0.717) is 47.8 Å². The molecule has 7 nitrogen and oxygen atoms in total. The maximum Gasteiger partial charge on any atom is 0.416 e. The van der Waals surface area contributed by atoms with Gasteiger partial charge in [0.2, 0.25) is 0 Å². The third-order valence-electron chi connectivity index (χ3n) is 6.65. The number of fused-ring (bicyclic) bond motifs is 1. The largest absolute Gasteiger partial charge is 0.487 e. The molecule has 1 N–H and O–H groups in total. The Morgan fingerprint density at radius 3 is 2.39 bits per heavy atom. The number of hydrogen-bond donors (Lipinski definition) is 1. The summed E-state index contributed by atoms with van der Waals surface area (Å²) in [5.74, 6) is -0.271. The minimum absolute atomic E-state index is 0.0372. The van der Waals surface area contributed by atoms with Gasteiger partial charge >= 0.3 is 18.2 Å². The molecule has 2 aromatic carbocycles. The van der Waals surface area contributed by atoms with E-state index in [0.717, 1.165) is 33.7 Å². The minimum Gasteiger partial charge on any atom is -0.487 e. The number of ether oxygens (including phenoxy) is 2. The molecule has 0 aliphatic carbocycles. The van der Waals surface area contributed by atoms with Crippen LogP contribution in [0.5, 0.6) is 5.75 Å². The van der Waals surface area contributed by atoms with Gasteiger partial charge in [-0.2, -0.15) is 13.2 Å². The number of carbonyl (C=O) groups excluding carboxylic acids is 1. The first-order chi connectivity index (χ1) is 19.2. The number of hydrogen-bond acceptors (Lipinski definition) is 6. The van der Waals surface area contributed by atoms with Crippen molar-refractivity contribution >= 4 is 23.4 Å². The molecule has 3 aromatic rings. The average Bonchev–Trinajstić information content (AvgIpc) is 3.32. The number of benzene rings is 2. The maximum absolute atomic E-state index is 13.0. The molecular formula is C30H33F3N2O5S. The number of carboxylic acids is 1. The molecule has 1 aromatic heterocycles. The molecule has 4 rings (SSSR count). The van der Waals surface area contributed by atoms with Gasteiger partial charge in [-0.15, -0.1) is 11.3 Å². The van der Waals surface area contributed by atoms with E-state index >= 15 is 0 Å². The van der Waals surface area contributed by atoms with Crippen LogP contribution in [0.2, 0.25) is 0 Å². The normalized spacial score (nSPS) is 13.6. The highest BCUT2D eigenvalue weighted by molar-refractivity contribution is 7.15. The van der Waals surface area contributed by atoms with Gasteiger partial charge in [-0.25, -0.2) is 9.78 Å². The fraction of sp³-hybridized carbons (Fsp3) is 0.433. The van der Waals surface area contributed by atoms with Crippen molar-refractivity contribution in [1.29, 1.82) is 0 Å². The van der Waals surface area contributed by atoms with Crippen molar-refractivity contribution in [3.63, 3.8) is 0 Å². The standard InChI is InChI=1S/C30H33F3N2O5S/c1-5-25-23(34-27(41-25)19-6-10-20(11-7-19)30(31,32)33)17-39-24-12-8-18(9-13-26(36)37)22-16-35(15-14-21(22)24)28(38)40-29(2,3)4/h6-8,10-12H,5,9,13-17H2,1-4H3,(H,36,37).